The number of carbonyl (C=O) groups excluding carboxylic acids is 1. The lowest BCUT2D eigenvalue weighted by Crippen LogP contribution is -2.56. The number of terminal acetylenes is 1. The van der Waals surface area contributed by atoms with Crippen LogP contribution in [0.2, 0.25) is 0 Å². The lowest BCUT2D eigenvalue weighted by molar-refractivity contribution is -0.136. The number of halogens is 4. The zero-order chi connectivity index (χ0) is 37.5. The second-order valence-electron chi connectivity index (χ2n) is 15.6. The number of anilines is 1. The summed E-state index contributed by atoms with van der Waals surface area (Å²) in [6, 6.07) is 4.86. The van der Waals surface area contributed by atoms with E-state index in [1.54, 1.807) is 0 Å². The summed E-state index contributed by atoms with van der Waals surface area (Å²) in [5.41, 5.74) is -0.670. The number of ether oxygens (including phenoxy) is 2. The first-order chi connectivity index (χ1) is 26.1. The third kappa shape index (κ3) is 6.01. The van der Waals surface area contributed by atoms with Gasteiger partial charge in [0.15, 0.2) is 5.82 Å². The predicted molar refractivity (Wildman–Crippen MR) is 193 cm³/mol. The van der Waals surface area contributed by atoms with Gasteiger partial charge in [0.05, 0.1) is 25.2 Å². The number of methoxy groups -OCH3 is 1. The van der Waals surface area contributed by atoms with Crippen molar-refractivity contribution in [3.05, 3.63) is 41.5 Å². The van der Waals surface area contributed by atoms with Crippen LogP contribution in [-0.2, 0) is 4.79 Å². The van der Waals surface area contributed by atoms with E-state index in [1.165, 1.54) is 31.4 Å². The lowest BCUT2D eigenvalue weighted by atomic mass is 9.95. The van der Waals surface area contributed by atoms with Crippen LogP contribution in [0, 0.1) is 35.3 Å². The number of piperazine rings is 1. The molecule has 5 heterocycles. The maximum absolute atomic E-state index is 17.3. The molecule has 2 bridgehead atoms. The standard InChI is InChI=1S/C40H40F4N6O4/c1-3-26-29(42)7-4-21-14-25(51)15-28(31(21)26)34-33(44)35-32(37(45-34)53-2)36(49-17-23-5-6-24(18-49)50(23)38(52)27-16-30(27)43)47-39(46-35)54-20-40(10-11-40)19-48-12-8-22(41)9-13-48/h1,4,7,14-15,22-24,27,30,51H,5-6,8-13,16-20H2,2H3/t23?,24?,27-,30?/m0/s1. The summed E-state index contributed by atoms with van der Waals surface area (Å²) in [5, 5.41) is 11.4. The van der Waals surface area contributed by atoms with E-state index in [0.717, 1.165) is 32.2 Å². The fraction of sp³-hybridized carbons (Fsp3) is 0.500. The Bertz CT molecular complexity index is 2210. The van der Waals surface area contributed by atoms with Crippen molar-refractivity contribution in [3.8, 4) is 41.2 Å². The Labute approximate surface area is 309 Å². The highest BCUT2D eigenvalue weighted by Crippen LogP contribution is 2.48. The topological polar surface area (TPSA) is 104 Å². The van der Waals surface area contributed by atoms with Gasteiger partial charge in [0, 0.05) is 61.2 Å². The number of fused-ring (bicyclic) bond motifs is 4. The molecule has 14 heteroatoms. The summed E-state index contributed by atoms with van der Waals surface area (Å²) < 4.78 is 72.2. The van der Waals surface area contributed by atoms with Crippen molar-refractivity contribution in [2.24, 2.45) is 11.3 Å². The van der Waals surface area contributed by atoms with E-state index in [0.29, 0.717) is 50.2 Å². The van der Waals surface area contributed by atoms with Crippen molar-refractivity contribution in [1.29, 1.82) is 0 Å². The first-order valence-electron chi connectivity index (χ1n) is 18.6. The summed E-state index contributed by atoms with van der Waals surface area (Å²) in [6.07, 6.45) is 8.41. The quantitative estimate of drug-likeness (QED) is 0.165. The van der Waals surface area contributed by atoms with Gasteiger partial charge in [-0.3, -0.25) is 4.79 Å². The molecule has 5 fully saturated rings. The maximum Gasteiger partial charge on any atom is 0.319 e. The molecule has 0 radical (unpaired) electrons. The third-order valence-electron chi connectivity index (χ3n) is 12.0. The number of piperidine rings is 1. The number of benzene rings is 2. The van der Waals surface area contributed by atoms with Crippen LogP contribution in [0.4, 0.5) is 23.4 Å². The molecular weight excluding hydrogens is 704 g/mol. The number of pyridine rings is 1. The van der Waals surface area contributed by atoms with Crippen LogP contribution in [0.25, 0.3) is 32.9 Å². The molecule has 4 aromatic rings. The summed E-state index contributed by atoms with van der Waals surface area (Å²) in [5.74, 6) is 0.126. The highest BCUT2D eigenvalue weighted by Gasteiger charge is 2.52. The molecule has 4 atom stereocenters. The molecule has 9 rings (SSSR count). The third-order valence-corrected chi connectivity index (χ3v) is 12.0. The van der Waals surface area contributed by atoms with Gasteiger partial charge < -0.3 is 29.3 Å². The molecule has 3 saturated heterocycles. The Kier molecular flexibility index (Phi) is 8.48. The SMILES string of the molecule is C#Cc1c(F)ccc2cc(O)cc(-c3nc(OC)c4c(N5CC6CCC(C5)N6C(=O)[C@H]5CC5F)nc(OCC5(CN6CCC(F)CC6)CC5)nc4c3F)c12. The summed E-state index contributed by atoms with van der Waals surface area (Å²) in [4.78, 5) is 33.4. The molecule has 10 nitrogen and oxygen atoms in total. The smallest absolute Gasteiger partial charge is 0.319 e. The first-order valence-corrected chi connectivity index (χ1v) is 18.6. The molecule has 54 heavy (non-hydrogen) atoms. The van der Waals surface area contributed by atoms with E-state index in [1.807, 2.05) is 9.80 Å². The Morgan fingerprint density at radius 3 is 2.41 bits per heavy atom. The zero-order valence-corrected chi connectivity index (χ0v) is 29.8. The Morgan fingerprint density at radius 2 is 1.76 bits per heavy atom. The monoisotopic (exact) mass is 744 g/mol. The lowest BCUT2D eigenvalue weighted by Gasteiger charge is -2.42. The van der Waals surface area contributed by atoms with Gasteiger partial charge in [-0.2, -0.15) is 9.97 Å². The molecule has 3 aliphatic heterocycles. The minimum atomic E-state index is -1.10. The number of likely N-dealkylation sites (tertiary alicyclic amines) is 1. The van der Waals surface area contributed by atoms with Gasteiger partial charge in [-0.05, 0) is 68.5 Å². The van der Waals surface area contributed by atoms with E-state index >= 15 is 8.78 Å². The van der Waals surface area contributed by atoms with Gasteiger partial charge in [-0.25, -0.2) is 22.5 Å². The van der Waals surface area contributed by atoms with E-state index in [4.69, 9.17) is 20.9 Å². The fourth-order valence-corrected chi connectivity index (χ4v) is 8.80. The molecule has 282 valence electrons. The van der Waals surface area contributed by atoms with Crippen LogP contribution < -0.4 is 14.4 Å². The molecule has 2 saturated carbocycles. The van der Waals surface area contributed by atoms with Gasteiger partial charge in [0.2, 0.25) is 11.8 Å². The number of hydrogen-bond acceptors (Lipinski definition) is 9. The predicted octanol–water partition coefficient (Wildman–Crippen LogP) is 5.95. The minimum absolute atomic E-state index is 0.0165. The van der Waals surface area contributed by atoms with Crippen molar-refractivity contribution in [2.75, 3.05) is 51.3 Å². The van der Waals surface area contributed by atoms with Gasteiger partial charge >= 0.3 is 6.01 Å². The Balaban J connectivity index is 1.14. The molecule has 3 unspecified atom stereocenters. The Hall–Kier alpha value is -4.90. The van der Waals surface area contributed by atoms with Gasteiger partial charge in [-0.1, -0.05) is 12.0 Å². The van der Waals surface area contributed by atoms with Crippen molar-refractivity contribution in [2.45, 2.75) is 69.4 Å². The second-order valence-corrected chi connectivity index (χ2v) is 15.6. The van der Waals surface area contributed by atoms with Crippen molar-refractivity contribution in [3.63, 3.8) is 0 Å². The van der Waals surface area contributed by atoms with Crippen LogP contribution in [-0.4, -0.2) is 107 Å². The van der Waals surface area contributed by atoms with Crippen molar-refractivity contribution in [1.82, 2.24) is 24.8 Å². The minimum Gasteiger partial charge on any atom is -0.508 e. The number of hydrogen-bond donors (Lipinski definition) is 1. The number of phenols is 1. The fourth-order valence-electron chi connectivity index (χ4n) is 8.80. The number of amides is 1. The summed E-state index contributed by atoms with van der Waals surface area (Å²) >= 11 is 0. The van der Waals surface area contributed by atoms with Gasteiger partial charge in [-0.15, -0.1) is 6.42 Å². The summed E-state index contributed by atoms with van der Waals surface area (Å²) in [7, 11) is 1.39. The molecule has 1 N–H and O–H groups in total. The van der Waals surface area contributed by atoms with Gasteiger partial charge in [0.1, 0.15) is 46.3 Å². The molecule has 5 aliphatic rings. The van der Waals surface area contributed by atoms with Crippen LogP contribution in [0.5, 0.6) is 17.6 Å². The van der Waals surface area contributed by atoms with Crippen LogP contribution in [0.1, 0.15) is 50.5 Å². The summed E-state index contributed by atoms with van der Waals surface area (Å²) in [6.45, 7) is 3.10. The molecule has 0 spiro atoms. The number of nitrogens with zero attached hydrogens (tertiary/aromatic N) is 6. The highest BCUT2D eigenvalue weighted by molar-refractivity contribution is 6.04. The molecule has 2 aromatic carbocycles. The molecule has 2 aromatic heterocycles. The Morgan fingerprint density at radius 1 is 1.04 bits per heavy atom. The van der Waals surface area contributed by atoms with Gasteiger partial charge in [0.25, 0.3) is 0 Å². The van der Waals surface area contributed by atoms with E-state index in [-0.39, 0.29) is 87.2 Å². The zero-order valence-electron chi connectivity index (χ0n) is 29.8. The average molecular weight is 745 g/mol. The highest BCUT2D eigenvalue weighted by atomic mass is 19.1. The number of phenolic OH excluding ortho intramolecular Hbond substituents is 1. The average Bonchev–Trinajstić information content (AvgIpc) is 4.09. The number of aromatic hydroxyl groups is 1. The van der Waals surface area contributed by atoms with Crippen molar-refractivity contribution < 1.29 is 36.9 Å². The normalized spacial score (nSPS) is 24.9. The number of alkyl halides is 2. The molecule has 2 aliphatic carbocycles. The van der Waals surface area contributed by atoms with E-state index in [2.05, 4.69) is 20.8 Å². The molecule has 1 amide bonds. The number of aromatic nitrogens is 3. The maximum atomic E-state index is 17.3. The largest absolute Gasteiger partial charge is 0.508 e. The number of carbonyl (C=O) groups is 1. The second kappa shape index (κ2) is 13.1. The van der Waals surface area contributed by atoms with E-state index in [9.17, 15) is 18.7 Å². The van der Waals surface area contributed by atoms with Crippen LogP contribution >= 0.6 is 0 Å². The van der Waals surface area contributed by atoms with Crippen LogP contribution in [0.15, 0.2) is 24.3 Å². The van der Waals surface area contributed by atoms with Crippen LogP contribution in [0.3, 0.4) is 0 Å². The molecular formula is C40H40F4N6O4. The number of rotatable bonds is 9. The first kappa shape index (κ1) is 34.8. The van der Waals surface area contributed by atoms with E-state index < -0.39 is 29.9 Å². The van der Waals surface area contributed by atoms with Crippen molar-refractivity contribution >= 4 is 33.4 Å².